The quantitative estimate of drug-likeness (QED) is 0.586. The molecular weight excluding hydrogens is 291 g/mol. The Morgan fingerprint density at radius 1 is 1.36 bits per heavy atom. The summed E-state index contributed by atoms with van der Waals surface area (Å²) in [6, 6.07) is 1.56. The monoisotopic (exact) mass is 304 g/mol. The third kappa shape index (κ3) is 2.03. The molecule has 7 nitrogen and oxygen atoms in total. The molecule has 3 N–H and O–H groups in total. The van der Waals surface area contributed by atoms with Crippen LogP contribution in [0, 0.1) is 12.7 Å². The fourth-order valence-corrected chi connectivity index (χ4v) is 2.69. The maximum atomic E-state index is 13.8. The smallest absolute Gasteiger partial charge is 0.264 e. The molecule has 1 fully saturated rings. The van der Waals surface area contributed by atoms with E-state index in [0.717, 1.165) is 6.07 Å². The molecule has 0 bridgehead atoms. The maximum absolute atomic E-state index is 13.8. The number of aromatic nitrogens is 2. The van der Waals surface area contributed by atoms with E-state index in [1.165, 1.54) is 17.6 Å². The van der Waals surface area contributed by atoms with E-state index in [1.807, 2.05) is 0 Å². The highest BCUT2D eigenvalue weighted by Gasteiger charge is 2.31. The van der Waals surface area contributed by atoms with Crippen molar-refractivity contribution < 1.29 is 14.0 Å². The number of amides is 2. The summed E-state index contributed by atoms with van der Waals surface area (Å²) in [5.41, 5.74) is 5.14. The maximum Gasteiger partial charge on any atom is 0.264 e. The molecule has 2 aromatic rings. The number of anilines is 1. The van der Waals surface area contributed by atoms with E-state index in [2.05, 4.69) is 10.3 Å². The van der Waals surface area contributed by atoms with Crippen molar-refractivity contribution in [2.75, 3.05) is 5.73 Å². The van der Waals surface area contributed by atoms with Gasteiger partial charge in [-0.25, -0.2) is 9.37 Å². The second-order valence-electron chi connectivity index (χ2n) is 5.16. The molecular formula is C14H13FN4O3. The standard InChI is InChI=1S/C14H13FN4O3/c1-6-17-12-7(15)2-3-8(16)11(12)14(22)19(6)9-4-5-10(20)18-13(9)21/h2-3,9H,4-5,16H2,1H3,(H,18,20,21). The second kappa shape index (κ2) is 4.90. The van der Waals surface area contributed by atoms with Crippen LogP contribution in [0.2, 0.25) is 0 Å². The number of benzene rings is 1. The number of fused-ring (bicyclic) bond motifs is 1. The van der Waals surface area contributed by atoms with Crippen molar-refractivity contribution in [3.8, 4) is 0 Å². The van der Waals surface area contributed by atoms with Gasteiger partial charge in [0.25, 0.3) is 5.56 Å². The van der Waals surface area contributed by atoms with Crippen LogP contribution in [0.15, 0.2) is 16.9 Å². The Bertz CT molecular complexity index is 874. The fraction of sp³-hybridized carbons (Fsp3) is 0.286. The Kier molecular flexibility index (Phi) is 3.16. The van der Waals surface area contributed by atoms with Crippen molar-refractivity contribution in [1.29, 1.82) is 0 Å². The summed E-state index contributed by atoms with van der Waals surface area (Å²) in [6.45, 7) is 1.51. The summed E-state index contributed by atoms with van der Waals surface area (Å²) >= 11 is 0. The van der Waals surface area contributed by atoms with Crippen molar-refractivity contribution in [2.45, 2.75) is 25.8 Å². The number of hydrogen-bond donors (Lipinski definition) is 2. The van der Waals surface area contributed by atoms with Crippen molar-refractivity contribution in [2.24, 2.45) is 0 Å². The molecule has 0 aliphatic carbocycles. The topological polar surface area (TPSA) is 107 Å². The summed E-state index contributed by atoms with van der Waals surface area (Å²) in [5, 5.41) is 2.13. The minimum Gasteiger partial charge on any atom is -0.398 e. The van der Waals surface area contributed by atoms with E-state index in [0.29, 0.717) is 0 Å². The first-order chi connectivity index (χ1) is 10.4. The van der Waals surface area contributed by atoms with Crippen LogP contribution in [0.1, 0.15) is 24.7 Å². The highest BCUT2D eigenvalue weighted by molar-refractivity contribution is 5.99. The minimum absolute atomic E-state index is 0.0599. The lowest BCUT2D eigenvalue weighted by Crippen LogP contribution is -2.45. The number of aryl methyl sites for hydroxylation is 1. The molecule has 3 rings (SSSR count). The molecule has 22 heavy (non-hydrogen) atoms. The number of rotatable bonds is 1. The molecule has 2 amide bonds. The summed E-state index contributed by atoms with van der Waals surface area (Å²) in [6.07, 6.45) is 0.312. The third-order valence-corrected chi connectivity index (χ3v) is 3.74. The molecule has 1 aromatic carbocycles. The molecule has 1 aliphatic rings. The highest BCUT2D eigenvalue weighted by atomic mass is 19.1. The zero-order chi connectivity index (χ0) is 16.0. The molecule has 1 unspecified atom stereocenters. The van der Waals surface area contributed by atoms with Gasteiger partial charge >= 0.3 is 0 Å². The lowest BCUT2D eigenvalue weighted by molar-refractivity contribution is -0.135. The summed E-state index contributed by atoms with van der Waals surface area (Å²) in [5.74, 6) is -1.42. The van der Waals surface area contributed by atoms with Crippen molar-refractivity contribution in [3.05, 3.63) is 34.1 Å². The summed E-state index contributed by atoms with van der Waals surface area (Å²) < 4.78 is 15.0. The minimum atomic E-state index is -0.857. The van der Waals surface area contributed by atoms with Gasteiger partial charge < -0.3 is 5.73 Å². The number of nitrogens with one attached hydrogen (secondary N) is 1. The first-order valence-corrected chi connectivity index (χ1v) is 6.70. The average Bonchev–Trinajstić information content (AvgIpc) is 2.45. The van der Waals surface area contributed by atoms with Crippen molar-refractivity contribution in [1.82, 2.24) is 14.9 Å². The van der Waals surface area contributed by atoms with Gasteiger partial charge in [0.2, 0.25) is 11.8 Å². The van der Waals surface area contributed by atoms with Gasteiger partial charge in [-0.05, 0) is 25.5 Å². The van der Waals surface area contributed by atoms with Gasteiger partial charge in [0.1, 0.15) is 23.2 Å². The Morgan fingerprint density at radius 3 is 2.77 bits per heavy atom. The first kappa shape index (κ1) is 14.2. The lowest BCUT2D eigenvalue weighted by atomic mass is 10.1. The first-order valence-electron chi connectivity index (χ1n) is 6.70. The number of nitrogens with two attached hydrogens (primary N) is 1. The van der Waals surface area contributed by atoms with Crippen LogP contribution < -0.4 is 16.6 Å². The van der Waals surface area contributed by atoms with Gasteiger partial charge in [0, 0.05) is 12.1 Å². The Labute approximate surface area is 123 Å². The van der Waals surface area contributed by atoms with Crippen LogP contribution in [0.3, 0.4) is 0 Å². The van der Waals surface area contributed by atoms with Crippen LogP contribution in [-0.2, 0) is 9.59 Å². The molecule has 114 valence electrons. The largest absolute Gasteiger partial charge is 0.398 e. The van der Waals surface area contributed by atoms with Crippen LogP contribution in [0.4, 0.5) is 10.1 Å². The van der Waals surface area contributed by atoms with Crippen LogP contribution in [0.25, 0.3) is 10.9 Å². The summed E-state index contributed by atoms with van der Waals surface area (Å²) in [7, 11) is 0. The SMILES string of the molecule is Cc1nc2c(F)ccc(N)c2c(=O)n1C1CCC(=O)NC1=O. The van der Waals surface area contributed by atoms with Gasteiger partial charge in [-0.2, -0.15) is 0 Å². The molecule has 8 heteroatoms. The molecule has 1 aliphatic heterocycles. The molecule has 1 aromatic heterocycles. The van der Waals surface area contributed by atoms with Gasteiger partial charge in [0.15, 0.2) is 0 Å². The average molecular weight is 304 g/mol. The van der Waals surface area contributed by atoms with E-state index in [1.54, 1.807) is 0 Å². The fourth-order valence-electron chi connectivity index (χ4n) is 2.69. The van der Waals surface area contributed by atoms with E-state index in [4.69, 9.17) is 5.73 Å². The Hall–Kier alpha value is -2.77. The predicted octanol–water partition coefficient (Wildman–Crippen LogP) is 0.404. The van der Waals surface area contributed by atoms with Gasteiger partial charge in [0.05, 0.1) is 5.39 Å². The van der Waals surface area contributed by atoms with Crippen molar-refractivity contribution >= 4 is 28.4 Å². The molecule has 2 heterocycles. The number of imide groups is 1. The zero-order valence-electron chi connectivity index (χ0n) is 11.7. The number of carbonyl (C=O) groups is 2. The number of nitrogens with zero attached hydrogens (tertiary/aromatic N) is 2. The van der Waals surface area contributed by atoms with Crippen molar-refractivity contribution in [3.63, 3.8) is 0 Å². The van der Waals surface area contributed by atoms with E-state index in [9.17, 15) is 18.8 Å². The predicted molar refractivity (Wildman–Crippen MR) is 76.5 cm³/mol. The zero-order valence-corrected chi connectivity index (χ0v) is 11.7. The summed E-state index contributed by atoms with van der Waals surface area (Å²) in [4.78, 5) is 39.9. The van der Waals surface area contributed by atoms with E-state index >= 15 is 0 Å². The van der Waals surface area contributed by atoms with Gasteiger partial charge in [-0.1, -0.05) is 0 Å². The van der Waals surface area contributed by atoms with E-state index < -0.39 is 23.3 Å². The molecule has 0 saturated carbocycles. The second-order valence-corrected chi connectivity index (χ2v) is 5.16. The Balaban J connectivity index is 2.27. The van der Waals surface area contributed by atoms with E-state index in [-0.39, 0.29) is 41.2 Å². The Morgan fingerprint density at radius 2 is 2.09 bits per heavy atom. The normalized spacial score (nSPS) is 18.5. The number of hydrogen-bond acceptors (Lipinski definition) is 5. The van der Waals surface area contributed by atoms with Crippen LogP contribution in [0.5, 0.6) is 0 Å². The molecule has 1 atom stereocenters. The highest BCUT2D eigenvalue weighted by Crippen LogP contribution is 2.23. The number of nitrogen functional groups attached to an aromatic ring is 1. The molecule has 0 spiro atoms. The van der Waals surface area contributed by atoms with Gasteiger partial charge in [-0.3, -0.25) is 24.3 Å². The number of halogens is 1. The van der Waals surface area contributed by atoms with Gasteiger partial charge in [-0.15, -0.1) is 0 Å². The molecule has 1 saturated heterocycles. The number of carbonyl (C=O) groups excluding carboxylic acids is 2. The number of piperidine rings is 1. The van der Waals surface area contributed by atoms with Crippen LogP contribution in [-0.4, -0.2) is 21.4 Å². The van der Waals surface area contributed by atoms with Crippen LogP contribution >= 0.6 is 0 Å². The third-order valence-electron chi connectivity index (χ3n) is 3.74. The lowest BCUT2D eigenvalue weighted by Gasteiger charge is -2.24. The molecule has 0 radical (unpaired) electrons.